The van der Waals surface area contributed by atoms with Crippen LogP contribution in [0.1, 0.15) is 48.9 Å². The topological polar surface area (TPSA) is 122 Å². The van der Waals surface area contributed by atoms with E-state index in [1.807, 2.05) is 6.92 Å². The highest BCUT2D eigenvalue weighted by molar-refractivity contribution is 6.46. The van der Waals surface area contributed by atoms with Crippen molar-refractivity contribution in [2.45, 2.75) is 39.2 Å². The lowest BCUT2D eigenvalue weighted by Gasteiger charge is -2.29. The summed E-state index contributed by atoms with van der Waals surface area (Å²) in [6, 6.07) is 10.0. The van der Waals surface area contributed by atoms with E-state index in [0.717, 1.165) is 38.0 Å². The Hall–Kier alpha value is -3.76. The Bertz CT molecular complexity index is 1240. The van der Waals surface area contributed by atoms with Crippen LogP contribution in [0.3, 0.4) is 0 Å². The molecule has 39 heavy (non-hydrogen) atoms. The molecule has 2 fully saturated rings. The molecule has 208 valence electrons. The molecule has 1 amide bonds. The molecule has 4 rings (SSSR count). The predicted octanol–water partition coefficient (Wildman–Crippen LogP) is 4.23. The molecule has 1 atom stereocenters. The number of non-ortho nitro benzene ring substituents is 1. The highest BCUT2D eigenvalue weighted by atomic mass is 16.6. The monoisotopic (exact) mass is 537 g/mol. The standard InChI is InChI=1S/C29H35N3O7/c1-3-4-16-39-24-11-8-22(19-20(24)2)27(33)25-26(21-6-9-23(10-7-21)32(36)37)31(29(35)28(25)34)13-5-12-30-14-17-38-18-15-30/h6-11,19,26,33H,3-5,12-18H2,1-2H3/b27-25+/t26-/m1/s1. The fourth-order valence-corrected chi connectivity index (χ4v) is 4.97. The first kappa shape index (κ1) is 28.3. The number of hydrogen-bond donors (Lipinski definition) is 1. The molecular formula is C29H35N3O7. The summed E-state index contributed by atoms with van der Waals surface area (Å²) in [5, 5.41) is 22.6. The van der Waals surface area contributed by atoms with Gasteiger partial charge in [0.05, 0.1) is 36.4 Å². The molecule has 10 nitrogen and oxygen atoms in total. The summed E-state index contributed by atoms with van der Waals surface area (Å²) in [5.74, 6) is -1.06. The Kier molecular flexibility index (Phi) is 9.32. The summed E-state index contributed by atoms with van der Waals surface area (Å²) in [6.07, 6.45) is 2.55. The van der Waals surface area contributed by atoms with Crippen LogP contribution < -0.4 is 4.74 Å². The van der Waals surface area contributed by atoms with Crippen molar-refractivity contribution >= 4 is 23.1 Å². The molecule has 0 radical (unpaired) electrons. The molecule has 0 spiro atoms. The number of carbonyl (C=O) groups is 2. The lowest BCUT2D eigenvalue weighted by molar-refractivity contribution is -0.384. The van der Waals surface area contributed by atoms with Crippen molar-refractivity contribution in [3.63, 3.8) is 0 Å². The number of aryl methyl sites for hydroxylation is 1. The second-order valence-corrected chi connectivity index (χ2v) is 9.83. The molecule has 2 aliphatic heterocycles. The number of rotatable bonds is 11. The van der Waals surface area contributed by atoms with Crippen LogP contribution in [-0.4, -0.2) is 77.5 Å². The van der Waals surface area contributed by atoms with E-state index in [2.05, 4.69) is 11.8 Å². The molecule has 0 aliphatic carbocycles. The molecule has 10 heteroatoms. The number of benzene rings is 2. The van der Waals surface area contributed by atoms with Gasteiger partial charge in [0.15, 0.2) is 0 Å². The molecule has 1 N–H and O–H groups in total. The van der Waals surface area contributed by atoms with Crippen LogP contribution in [0.15, 0.2) is 48.0 Å². The number of aliphatic hydroxyl groups is 1. The number of nitrogens with zero attached hydrogens (tertiary/aromatic N) is 3. The number of amides is 1. The van der Waals surface area contributed by atoms with Gasteiger partial charge in [0.1, 0.15) is 11.5 Å². The lowest BCUT2D eigenvalue weighted by Crippen LogP contribution is -2.38. The minimum Gasteiger partial charge on any atom is -0.507 e. The smallest absolute Gasteiger partial charge is 0.295 e. The van der Waals surface area contributed by atoms with Crippen molar-refractivity contribution in [1.82, 2.24) is 9.80 Å². The Morgan fingerprint density at radius 2 is 1.82 bits per heavy atom. The van der Waals surface area contributed by atoms with Gasteiger partial charge in [0.25, 0.3) is 17.4 Å². The number of hydrogen-bond acceptors (Lipinski definition) is 8. The van der Waals surface area contributed by atoms with E-state index < -0.39 is 22.7 Å². The van der Waals surface area contributed by atoms with Crippen molar-refractivity contribution < 1.29 is 29.1 Å². The van der Waals surface area contributed by atoms with Crippen LogP contribution in [0, 0.1) is 17.0 Å². The van der Waals surface area contributed by atoms with Gasteiger partial charge in [-0.25, -0.2) is 0 Å². The van der Waals surface area contributed by atoms with E-state index in [0.29, 0.717) is 49.7 Å². The fourth-order valence-electron chi connectivity index (χ4n) is 4.97. The maximum Gasteiger partial charge on any atom is 0.295 e. The third kappa shape index (κ3) is 6.46. The van der Waals surface area contributed by atoms with Gasteiger partial charge in [-0.3, -0.25) is 24.6 Å². The third-order valence-corrected chi connectivity index (χ3v) is 7.14. The Labute approximate surface area is 228 Å². The second kappa shape index (κ2) is 12.9. The number of ether oxygens (including phenoxy) is 2. The predicted molar refractivity (Wildman–Crippen MR) is 146 cm³/mol. The Balaban J connectivity index is 1.66. The van der Waals surface area contributed by atoms with E-state index in [1.54, 1.807) is 18.2 Å². The van der Waals surface area contributed by atoms with Crippen LogP contribution >= 0.6 is 0 Å². The molecule has 2 heterocycles. The van der Waals surface area contributed by atoms with Crippen molar-refractivity contribution in [3.05, 3.63) is 74.8 Å². The van der Waals surface area contributed by atoms with Crippen LogP contribution in [0.5, 0.6) is 5.75 Å². The van der Waals surface area contributed by atoms with Crippen LogP contribution in [0.25, 0.3) is 5.76 Å². The van der Waals surface area contributed by atoms with Gasteiger partial charge in [0, 0.05) is 43.9 Å². The number of likely N-dealkylation sites (tertiary alicyclic amines) is 1. The van der Waals surface area contributed by atoms with E-state index in [-0.39, 0.29) is 17.0 Å². The van der Waals surface area contributed by atoms with Gasteiger partial charge in [-0.05, 0) is 61.2 Å². The zero-order chi connectivity index (χ0) is 27.9. The van der Waals surface area contributed by atoms with E-state index in [4.69, 9.17) is 9.47 Å². The molecule has 2 aliphatic rings. The summed E-state index contributed by atoms with van der Waals surface area (Å²) < 4.78 is 11.2. The minimum absolute atomic E-state index is 0.0284. The first-order valence-electron chi connectivity index (χ1n) is 13.4. The highest BCUT2D eigenvalue weighted by Gasteiger charge is 2.46. The quantitative estimate of drug-likeness (QED) is 0.113. The van der Waals surface area contributed by atoms with Crippen molar-refractivity contribution in [3.8, 4) is 5.75 Å². The maximum atomic E-state index is 13.3. The SMILES string of the molecule is CCCCOc1ccc(/C(O)=C2\C(=O)C(=O)N(CCCN3CCOCC3)[C@@H]2c2ccc([N+](=O)[O-])cc2)cc1C. The van der Waals surface area contributed by atoms with Gasteiger partial charge in [-0.1, -0.05) is 13.3 Å². The number of aliphatic hydroxyl groups excluding tert-OH is 1. The summed E-state index contributed by atoms with van der Waals surface area (Å²) in [5.41, 5.74) is 1.58. The van der Waals surface area contributed by atoms with Gasteiger partial charge >= 0.3 is 0 Å². The van der Waals surface area contributed by atoms with Gasteiger partial charge in [-0.15, -0.1) is 0 Å². The molecule has 0 saturated carbocycles. The normalized spacial score (nSPS) is 19.4. The zero-order valence-corrected chi connectivity index (χ0v) is 22.4. The second-order valence-electron chi connectivity index (χ2n) is 9.83. The number of unbranched alkanes of at least 4 members (excludes halogenated alkanes) is 1. The summed E-state index contributed by atoms with van der Waals surface area (Å²) >= 11 is 0. The van der Waals surface area contributed by atoms with Gasteiger partial charge in [0.2, 0.25) is 0 Å². The van der Waals surface area contributed by atoms with E-state index >= 15 is 0 Å². The Morgan fingerprint density at radius 1 is 1.10 bits per heavy atom. The first-order chi connectivity index (χ1) is 18.8. The average Bonchev–Trinajstić information content (AvgIpc) is 3.19. The van der Waals surface area contributed by atoms with E-state index in [9.17, 15) is 24.8 Å². The molecule has 2 saturated heterocycles. The third-order valence-electron chi connectivity index (χ3n) is 7.14. The van der Waals surface area contributed by atoms with Crippen LogP contribution in [0.2, 0.25) is 0 Å². The minimum atomic E-state index is -0.865. The number of carbonyl (C=O) groups excluding carboxylic acids is 2. The van der Waals surface area contributed by atoms with Crippen LogP contribution in [0.4, 0.5) is 5.69 Å². The number of ketones is 1. The molecule has 0 unspecified atom stereocenters. The van der Waals surface area contributed by atoms with Crippen molar-refractivity contribution in [2.24, 2.45) is 0 Å². The molecule has 2 aromatic carbocycles. The van der Waals surface area contributed by atoms with E-state index in [1.165, 1.54) is 29.2 Å². The van der Waals surface area contributed by atoms with Crippen molar-refractivity contribution in [1.29, 1.82) is 0 Å². The Morgan fingerprint density at radius 3 is 2.46 bits per heavy atom. The van der Waals surface area contributed by atoms with Crippen LogP contribution in [-0.2, 0) is 14.3 Å². The lowest BCUT2D eigenvalue weighted by atomic mass is 9.94. The summed E-state index contributed by atoms with van der Waals surface area (Å²) in [6.45, 7) is 8.49. The number of nitro benzene ring substituents is 1. The number of nitro groups is 1. The fraction of sp³-hybridized carbons (Fsp3) is 0.448. The average molecular weight is 538 g/mol. The van der Waals surface area contributed by atoms with Crippen molar-refractivity contribution in [2.75, 3.05) is 46.0 Å². The molecule has 0 aromatic heterocycles. The summed E-state index contributed by atoms with van der Waals surface area (Å²) in [4.78, 5) is 41.0. The summed E-state index contributed by atoms with van der Waals surface area (Å²) in [7, 11) is 0. The molecular weight excluding hydrogens is 502 g/mol. The molecule has 0 bridgehead atoms. The highest BCUT2D eigenvalue weighted by Crippen LogP contribution is 2.40. The zero-order valence-electron chi connectivity index (χ0n) is 22.4. The van der Waals surface area contributed by atoms with Gasteiger partial charge in [-0.2, -0.15) is 0 Å². The number of Topliss-reactive ketones (excluding diaryl/α,β-unsaturated/α-hetero) is 1. The maximum absolute atomic E-state index is 13.3. The largest absolute Gasteiger partial charge is 0.507 e. The first-order valence-corrected chi connectivity index (χ1v) is 13.4. The molecule has 2 aromatic rings. The number of morpholine rings is 1. The van der Waals surface area contributed by atoms with Gasteiger partial charge < -0.3 is 19.5 Å².